The average Bonchev–Trinajstić information content (AvgIpc) is 2.48. The summed E-state index contributed by atoms with van der Waals surface area (Å²) in [6.45, 7) is 3.27. The zero-order valence-corrected chi connectivity index (χ0v) is 11.9. The molecule has 0 bridgehead atoms. The van der Waals surface area contributed by atoms with Gasteiger partial charge in [0.25, 0.3) is 0 Å². The third-order valence-corrected chi connectivity index (χ3v) is 3.70. The highest BCUT2D eigenvalue weighted by Crippen LogP contribution is 2.10. The summed E-state index contributed by atoms with van der Waals surface area (Å²) < 4.78 is 13.5. The molecule has 5 nitrogen and oxygen atoms in total. The maximum Gasteiger partial charge on any atom is 0.227 e. The molecule has 1 aromatic rings. The van der Waals surface area contributed by atoms with Crippen LogP contribution in [0.1, 0.15) is 12.0 Å². The quantitative estimate of drug-likeness (QED) is 0.854. The molecule has 0 radical (unpaired) electrons. The summed E-state index contributed by atoms with van der Waals surface area (Å²) in [5.74, 6) is -0.714. The van der Waals surface area contributed by atoms with Crippen molar-refractivity contribution in [1.82, 2.24) is 9.80 Å². The molecule has 6 heteroatoms. The Morgan fingerprint density at radius 1 is 1.14 bits per heavy atom. The summed E-state index contributed by atoms with van der Waals surface area (Å²) in [5.41, 5.74) is 5.55. The molecule has 1 aliphatic heterocycles. The van der Waals surface area contributed by atoms with E-state index >= 15 is 0 Å². The summed E-state index contributed by atoms with van der Waals surface area (Å²) in [4.78, 5) is 26.8. The molecule has 1 heterocycles. The Morgan fingerprint density at radius 2 is 1.81 bits per heavy atom. The second kappa shape index (κ2) is 7.17. The van der Waals surface area contributed by atoms with Crippen LogP contribution in [-0.4, -0.2) is 54.3 Å². The second-order valence-corrected chi connectivity index (χ2v) is 5.21. The number of amides is 2. The summed E-state index contributed by atoms with van der Waals surface area (Å²) >= 11 is 0. The number of rotatable bonds is 5. The number of halogens is 1. The van der Waals surface area contributed by atoms with Gasteiger partial charge in [0.2, 0.25) is 11.8 Å². The van der Waals surface area contributed by atoms with Crippen LogP contribution in [0.4, 0.5) is 4.39 Å². The average molecular weight is 293 g/mol. The molecule has 0 atom stereocenters. The number of carbonyl (C=O) groups is 2. The zero-order chi connectivity index (χ0) is 15.2. The first kappa shape index (κ1) is 15.4. The molecule has 1 saturated heterocycles. The van der Waals surface area contributed by atoms with Gasteiger partial charge >= 0.3 is 0 Å². The Hall–Kier alpha value is -1.95. The second-order valence-electron chi connectivity index (χ2n) is 5.21. The lowest BCUT2D eigenvalue weighted by Gasteiger charge is -2.34. The fourth-order valence-electron chi connectivity index (χ4n) is 2.41. The highest BCUT2D eigenvalue weighted by molar-refractivity contribution is 5.79. The lowest BCUT2D eigenvalue weighted by atomic mass is 10.1. The molecule has 0 saturated carbocycles. The van der Waals surface area contributed by atoms with E-state index in [1.165, 1.54) is 6.07 Å². The molecule has 1 aromatic carbocycles. The summed E-state index contributed by atoms with van der Waals surface area (Å²) in [7, 11) is 0. The lowest BCUT2D eigenvalue weighted by Crippen LogP contribution is -2.49. The van der Waals surface area contributed by atoms with E-state index in [-0.39, 0.29) is 24.1 Å². The van der Waals surface area contributed by atoms with Gasteiger partial charge in [-0.15, -0.1) is 0 Å². The van der Waals surface area contributed by atoms with Crippen LogP contribution in [0.2, 0.25) is 0 Å². The molecular formula is C15H20FN3O2. The van der Waals surface area contributed by atoms with Crippen molar-refractivity contribution in [3.63, 3.8) is 0 Å². The first-order valence-electron chi connectivity index (χ1n) is 7.08. The van der Waals surface area contributed by atoms with Crippen LogP contribution in [0.15, 0.2) is 24.3 Å². The van der Waals surface area contributed by atoms with Crippen molar-refractivity contribution in [2.45, 2.75) is 12.8 Å². The molecule has 2 rings (SSSR count). The van der Waals surface area contributed by atoms with Gasteiger partial charge in [0.1, 0.15) is 5.82 Å². The number of primary amides is 1. The predicted octanol–water partition coefficient (Wildman–Crippen LogP) is 0.388. The minimum Gasteiger partial charge on any atom is -0.370 e. The van der Waals surface area contributed by atoms with Crippen LogP contribution in [-0.2, 0) is 16.0 Å². The topological polar surface area (TPSA) is 66.6 Å². The SMILES string of the molecule is NC(=O)CCN1CCN(C(=O)Cc2ccccc2F)CC1. The van der Waals surface area contributed by atoms with Crippen LogP contribution in [0, 0.1) is 5.82 Å². The monoisotopic (exact) mass is 293 g/mol. The number of nitrogens with zero attached hydrogens (tertiary/aromatic N) is 2. The Labute approximate surface area is 123 Å². The molecule has 1 aliphatic rings. The van der Waals surface area contributed by atoms with E-state index in [4.69, 9.17) is 5.73 Å². The van der Waals surface area contributed by atoms with Gasteiger partial charge in [-0.05, 0) is 11.6 Å². The highest BCUT2D eigenvalue weighted by Gasteiger charge is 2.21. The van der Waals surface area contributed by atoms with Crippen LogP contribution in [0.3, 0.4) is 0 Å². The number of carbonyl (C=O) groups excluding carboxylic acids is 2. The largest absolute Gasteiger partial charge is 0.370 e. The number of hydrogen-bond acceptors (Lipinski definition) is 3. The lowest BCUT2D eigenvalue weighted by molar-refractivity contribution is -0.132. The molecule has 0 spiro atoms. The standard InChI is InChI=1S/C15H20FN3O2/c16-13-4-2-1-3-12(13)11-15(21)19-9-7-18(8-10-19)6-5-14(17)20/h1-4H,5-11H2,(H2,17,20). The van der Waals surface area contributed by atoms with Crippen LogP contribution >= 0.6 is 0 Å². The molecule has 0 aromatic heterocycles. The first-order chi connectivity index (χ1) is 10.1. The summed E-state index contributed by atoms with van der Waals surface area (Å²) in [5, 5.41) is 0. The maximum absolute atomic E-state index is 13.5. The van der Waals surface area contributed by atoms with E-state index < -0.39 is 0 Å². The molecule has 0 unspecified atom stereocenters. The summed E-state index contributed by atoms with van der Waals surface area (Å²) in [6.07, 6.45) is 0.428. The zero-order valence-electron chi connectivity index (χ0n) is 11.9. The van der Waals surface area contributed by atoms with Crippen molar-refractivity contribution in [3.8, 4) is 0 Å². The fourth-order valence-corrected chi connectivity index (χ4v) is 2.41. The van der Waals surface area contributed by atoms with Crippen LogP contribution in [0.5, 0.6) is 0 Å². The molecule has 114 valence electrons. The number of nitrogens with two attached hydrogens (primary N) is 1. The minimum atomic E-state index is -0.342. The van der Waals surface area contributed by atoms with E-state index in [0.717, 1.165) is 13.1 Å². The molecular weight excluding hydrogens is 273 g/mol. The van der Waals surface area contributed by atoms with Crippen LogP contribution < -0.4 is 5.73 Å². The molecule has 2 N–H and O–H groups in total. The number of benzene rings is 1. The fraction of sp³-hybridized carbons (Fsp3) is 0.467. The minimum absolute atomic E-state index is 0.0605. The van der Waals surface area contributed by atoms with Gasteiger partial charge in [0.15, 0.2) is 0 Å². The molecule has 2 amide bonds. The van der Waals surface area contributed by atoms with Crippen LogP contribution in [0.25, 0.3) is 0 Å². The van der Waals surface area contributed by atoms with E-state index in [1.807, 2.05) is 0 Å². The molecule has 1 fully saturated rings. The first-order valence-corrected chi connectivity index (χ1v) is 7.08. The van der Waals surface area contributed by atoms with E-state index in [2.05, 4.69) is 4.90 Å². The Kier molecular flexibility index (Phi) is 5.27. The highest BCUT2D eigenvalue weighted by atomic mass is 19.1. The Balaban J connectivity index is 1.81. The smallest absolute Gasteiger partial charge is 0.227 e. The van der Waals surface area contributed by atoms with Gasteiger partial charge < -0.3 is 10.6 Å². The Bertz CT molecular complexity index is 513. The third kappa shape index (κ3) is 4.53. The van der Waals surface area contributed by atoms with Crippen molar-refractivity contribution in [2.24, 2.45) is 5.73 Å². The van der Waals surface area contributed by atoms with Gasteiger partial charge in [-0.3, -0.25) is 14.5 Å². The normalized spacial score (nSPS) is 16.0. The van der Waals surface area contributed by atoms with Gasteiger partial charge in [-0.2, -0.15) is 0 Å². The van der Waals surface area contributed by atoms with Gasteiger partial charge in [-0.1, -0.05) is 18.2 Å². The third-order valence-electron chi connectivity index (χ3n) is 3.70. The van der Waals surface area contributed by atoms with Crippen molar-refractivity contribution < 1.29 is 14.0 Å². The number of hydrogen-bond donors (Lipinski definition) is 1. The van der Waals surface area contributed by atoms with Crippen molar-refractivity contribution in [3.05, 3.63) is 35.6 Å². The Morgan fingerprint density at radius 3 is 2.43 bits per heavy atom. The van der Waals surface area contributed by atoms with Gasteiger partial charge in [0.05, 0.1) is 6.42 Å². The van der Waals surface area contributed by atoms with E-state index in [1.54, 1.807) is 23.1 Å². The summed E-state index contributed by atoms with van der Waals surface area (Å²) in [6, 6.07) is 6.34. The molecule has 0 aliphatic carbocycles. The van der Waals surface area contributed by atoms with E-state index in [0.29, 0.717) is 31.6 Å². The number of piperazine rings is 1. The molecule has 21 heavy (non-hydrogen) atoms. The van der Waals surface area contributed by atoms with E-state index in [9.17, 15) is 14.0 Å². The van der Waals surface area contributed by atoms with Crippen molar-refractivity contribution in [1.29, 1.82) is 0 Å². The van der Waals surface area contributed by atoms with Gasteiger partial charge in [0, 0.05) is 39.1 Å². The van der Waals surface area contributed by atoms with Crippen molar-refractivity contribution >= 4 is 11.8 Å². The van der Waals surface area contributed by atoms with Gasteiger partial charge in [-0.25, -0.2) is 4.39 Å². The predicted molar refractivity (Wildman–Crippen MR) is 76.9 cm³/mol. The maximum atomic E-state index is 13.5. The van der Waals surface area contributed by atoms with Crippen molar-refractivity contribution in [2.75, 3.05) is 32.7 Å².